The lowest BCUT2D eigenvalue weighted by Gasteiger charge is -2.25. The molecule has 0 spiro atoms. The Hall–Kier alpha value is -3.41. The molecule has 1 fully saturated rings. The lowest BCUT2D eigenvalue weighted by molar-refractivity contribution is -0.141. The molecular formula is C21H18N2O4. The fraction of sp³-hybridized carbons (Fsp3) is 0.190. The molecule has 1 unspecified atom stereocenters. The second-order valence-electron chi connectivity index (χ2n) is 6.43. The van der Waals surface area contributed by atoms with E-state index < -0.39 is 12.0 Å². The first-order valence-electron chi connectivity index (χ1n) is 8.65. The van der Waals surface area contributed by atoms with Gasteiger partial charge in [0.05, 0.1) is 18.3 Å². The third kappa shape index (κ3) is 2.99. The van der Waals surface area contributed by atoms with Gasteiger partial charge in [-0.1, -0.05) is 30.3 Å². The van der Waals surface area contributed by atoms with Crippen LogP contribution in [-0.2, 0) is 9.59 Å². The van der Waals surface area contributed by atoms with E-state index in [-0.39, 0.29) is 12.2 Å². The smallest absolute Gasteiger partial charge is 0.334 e. The molecule has 6 nitrogen and oxygen atoms in total. The van der Waals surface area contributed by atoms with Crippen LogP contribution in [0, 0.1) is 0 Å². The van der Waals surface area contributed by atoms with Crippen LogP contribution in [0.15, 0.2) is 54.6 Å². The standard InChI is InChI=1S/C21H18N2O4/c1-27-14-7-8-15-17(11-14)22-16(13-5-3-2-4-6-13)12-18(15)23-10-9-19(24)20(23)21(25)26/h2-8,11-12,20H,9-10H2,1H3,(H,25,26). The van der Waals surface area contributed by atoms with Crippen LogP contribution in [0.5, 0.6) is 5.75 Å². The minimum Gasteiger partial charge on any atom is -0.497 e. The number of carboxylic acid groups (broad SMARTS) is 1. The van der Waals surface area contributed by atoms with E-state index in [1.165, 1.54) is 0 Å². The van der Waals surface area contributed by atoms with E-state index >= 15 is 0 Å². The molecule has 1 saturated heterocycles. The molecule has 1 aliphatic rings. The average molecular weight is 362 g/mol. The number of nitrogens with zero attached hydrogens (tertiary/aromatic N) is 2. The molecule has 1 aromatic heterocycles. The highest BCUT2D eigenvalue weighted by molar-refractivity contribution is 6.10. The zero-order valence-corrected chi connectivity index (χ0v) is 14.8. The van der Waals surface area contributed by atoms with E-state index in [2.05, 4.69) is 0 Å². The third-order valence-electron chi connectivity index (χ3n) is 4.82. The van der Waals surface area contributed by atoms with Crippen LogP contribution in [0.2, 0.25) is 0 Å². The van der Waals surface area contributed by atoms with Crippen LogP contribution >= 0.6 is 0 Å². The molecule has 0 radical (unpaired) electrons. The summed E-state index contributed by atoms with van der Waals surface area (Å²) in [7, 11) is 1.59. The van der Waals surface area contributed by atoms with Crippen LogP contribution in [0.25, 0.3) is 22.2 Å². The number of carbonyl (C=O) groups excluding carboxylic acids is 1. The Morgan fingerprint density at radius 1 is 1.19 bits per heavy atom. The molecule has 2 aromatic carbocycles. The number of ketones is 1. The number of aliphatic carboxylic acids is 1. The van der Waals surface area contributed by atoms with Crippen LogP contribution in [0.4, 0.5) is 5.69 Å². The highest BCUT2D eigenvalue weighted by Gasteiger charge is 2.39. The number of aromatic nitrogens is 1. The van der Waals surface area contributed by atoms with Gasteiger partial charge >= 0.3 is 5.97 Å². The van der Waals surface area contributed by atoms with Crippen molar-refractivity contribution in [3.05, 3.63) is 54.6 Å². The molecule has 0 aliphatic carbocycles. The van der Waals surface area contributed by atoms with Crippen LogP contribution in [-0.4, -0.2) is 41.5 Å². The number of methoxy groups -OCH3 is 1. The van der Waals surface area contributed by atoms with E-state index in [9.17, 15) is 14.7 Å². The molecule has 4 rings (SSSR count). The normalized spacial score (nSPS) is 16.7. The van der Waals surface area contributed by atoms with Gasteiger partial charge in [-0.2, -0.15) is 0 Å². The van der Waals surface area contributed by atoms with Crippen molar-refractivity contribution < 1.29 is 19.4 Å². The molecule has 1 aliphatic heterocycles. The Morgan fingerprint density at radius 3 is 2.67 bits per heavy atom. The van der Waals surface area contributed by atoms with Gasteiger partial charge in [0, 0.05) is 35.7 Å². The second-order valence-corrected chi connectivity index (χ2v) is 6.43. The summed E-state index contributed by atoms with van der Waals surface area (Å²) in [4.78, 5) is 30.2. The quantitative estimate of drug-likeness (QED) is 0.718. The molecule has 0 amide bonds. The first-order valence-corrected chi connectivity index (χ1v) is 8.65. The van der Waals surface area contributed by atoms with Gasteiger partial charge in [0.25, 0.3) is 0 Å². The molecular weight excluding hydrogens is 344 g/mol. The van der Waals surface area contributed by atoms with Crippen LogP contribution in [0.3, 0.4) is 0 Å². The van der Waals surface area contributed by atoms with Crippen molar-refractivity contribution in [3.8, 4) is 17.0 Å². The molecule has 0 saturated carbocycles. The Bertz CT molecular complexity index is 1030. The number of carboxylic acids is 1. The summed E-state index contributed by atoms with van der Waals surface area (Å²) in [6.45, 7) is 0.370. The largest absolute Gasteiger partial charge is 0.497 e. The highest BCUT2D eigenvalue weighted by Crippen LogP contribution is 2.35. The van der Waals surface area contributed by atoms with Crippen molar-refractivity contribution in [2.24, 2.45) is 0 Å². The fourth-order valence-electron chi connectivity index (χ4n) is 3.51. The van der Waals surface area contributed by atoms with Gasteiger partial charge in [0.2, 0.25) is 0 Å². The van der Waals surface area contributed by atoms with Crippen LogP contribution < -0.4 is 9.64 Å². The van der Waals surface area contributed by atoms with Crippen molar-refractivity contribution in [3.63, 3.8) is 0 Å². The molecule has 136 valence electrons. The summed E-state index contributed by atoms with van der Waals surface area (Å²) < 4.78 is 5.31. The van der Waals surface area contributed by atoms with Gasteiger partial charge in [-0.05, 0) is 18.2 Å². The van der Waals surface area contributed by atoms with E-state index in [4.69, 9.17) is 9.72 Å². The summed E-state index contributed by atoms with van der Waals surface area (Å²) >= 11 is 0. The number of hydrogen-bond acceptors (Lipinski definition) is 5. The summed E-state index contributed by atoms with van der Waals surface area (Å²) in [5.41, 5.74) is 3.02. The molecule has 0 bridgehead atoms. The predicted molar refractivity (Wildman–Crippen MR) is 102 cm³/mol. The Labute approximate surface area is 156 Å². The highest BCUT2D eigenvalue weighted by atomic mass is 16.5. The van der Waals surface area contributed by atoms with Crippen molar-refractivity contribution in [1.29, 1.82) is 0 Å². The number of rotatable bonds is 4. The minimum absolute atomic E-state index is 0.220. The van der Waals surface area contributed by atoms with Crippen LogP contribution in [0.1, 0.15) is 6.42 Å². The number of hydrogen-bond donors (Lipinski definition) is 1. The summed E-state index contributed by atoms with van der Waals surface area (Å²) in [5.74, 6) is -0.738. The summed E-state index contributed by atoms with van der Waals surface area (Å²) in [6, 6.07) is 15.8. The summed E-state index contributed by atoms with van der Waals surface area (Å²) in [5, 5.41) is 10.3. The Balaban J connectivity index is 1.95. The maximum atomic E-state index is 12.1. The zero-order valence-electron chi connectivity index (χ0n) is 14.8. The molecule has 27 heavy (non-hydrogen) atoms. The van der Waals surface area contributed by atoms with Gasteiger partial charge < -0.3 is 14.7 Å². The van der Waals surface area contributed by atoms with Crippen molar-refractivity contribution in [2.45, 2.75) is 12.5 Å². The maximum absolute atomic E-state index is 12.1. The Kier molecular flexibility index (Phi) is 4.24. The lowest BCUT2D eigenvalue weighted by atomic mass is 10.1. The molecule has 2 heterocycles. The zero-order chi connectivity index (χ0) is 19.0. The number of Topliss-reactive ketones (excluding diaryl/α,β-unsaturated/α-hetero) is 1. The van der Waals surface area contributed by atoms with E-state index in [1.807, 2.05) is 54.6 Å². The maximum Gasteiger partial charge on any atom is 0.334 e. The number of pyridine rings is 1. The van der Waals surface area contributed by atoms with Gasteiger partial charge in [0.1, 0.15) is 5.75 Å². The minimum atomic E-state index is -1.17. The van der Waals surface area contributed by atoms with E-state index in [0.29, 0.717) is 23.5 Å². The summed E-state index contributed by atoms with van der Waals surface area (Å²) in [6.07, 6.45) is 0.220. The van der Waals surface area contributed by atoms with Gasteiger partial charge in [-0.15, -0.1) is 0 Å². The lowest BCUT2D eigenvalue weighted by Crippen LogP contribution is -2.40. The van der Waals surface area contributed by atoms with Gasteiger partial charge in [-0.3, -0.25) is 4.79 Å². The van der Waals surface area contributed by atoms with Gasteiger partial charge in [-0.25, -0.2) is 9.78 Å². The first-order chi connectivity index (χ1) is 13.1. The second kappa shape index (κ2) is 6.72. The third-order valence-corrected chi connectivity index (χ3v) is 4.82. The fourth-order valence-corrected chi connectivity index (χ4v) is 3.51. The number of fused-ring (bicyclic) bond motifs is 1. The molecule has 6 heteroatoms. The topological polar surface area (TPSA) is 79.7 Å². The number of ether oxygens (including phenoxy) is 1. The molecule has 1 N–H and O–H groups in total. The van der Waals surface area contributed by atoms with Crippen molar-refractivity contribution in [1.82, 2.24) is 4.98 Å². The molecule has 3 aromatic rings. The predicted octanol–water partition coefficient (Wildman–Crippen LogP) is 3.14. The number of benzene rings is 2. The number of anilines is 1. The average Bonchev–Trinajstić information content (AvgIpc) is 3.08. The van der Waals surface area contributed by atoms with Crippen molar-refractivity contribution >= 4 is 28.3 Å². The monoisotopic (exact) mass is 362 g/mol. The van der Waals surface area contributed by atoms with E-state index in [0.717, 1.165) is 16.6 Å². The Morgan fingerprint density at radius 2 is 1.96 bits per heavy atom. The molecule has 1 atom stereocenters. The number of carbonyl (C=O) groups is 2. The first kappa shape index (κ1) is 17.0. The van der Waals surface area contributed by atoms with E-state index in [1.54, 1.807) is 12.0 Å². The van der Waals surface area contributed by atoms with Gasteiger partial charge in [0.15, 0.2) is 11.8 Å². The SMILES string of the molecule is COc1ccc2c(N3CCC(=O)C3C(=O)O)cc(-c3ccccc3)nc2c1. The van der Waals surface area contributed by atoms with Crippen molar-refractivity contribution in [2.75, 3.05) is 18.6 Å².